The lowest BCUT2D eigenvalue weighted by Gasteiger charge is -2.46. The van der Waals surface area contributed by atoms with Crippen LogP contribution < -0.4 is 5.32 Å². The molecule has 0 aliphatic carbocycles. The van der Waals surface area contributed by atoms with Crippen LogP contribution in [-0.2, 0) is 16.0 Å². The molecule has 2 aliphatic rings. The van der Waals surface area contributed by atoms with Gasteiger partial charge in [0.2, 0.25) is 5.91 Å². The van der Waals surface area contributed by atoms with E-state index in [1.165, 1.54) is 0 Å². The molecule has 2 N–H and O–H groups in total. The number of carboxylic acid groups (broad SMARTS) is 1. The molecule has 2 atom stereocenters. The molecule has 2 aromatic carbocycles. The molecule has 34 heavy (non-hydrogen) atoms. The van der Waals surface area contributed by atoms with Crippen LogP contribution in [0.25, 0.3) is 0 Å². The van der Waals surface area contributed by atoms with Crippen LogP contribution in [0.3, 0.4) is 0 Å². The second-order valence-corrected chi connectivity index (χ2v) is 9.43. The number of piperidine rings is 1. The monoisotopic (exact) mass is 463 g/mol. The second kappa shape index (κ2) is 9.58. The molecule has 0 radical (unpaired) electrons. The Kier molecular flexibility index (Phi) is 6.75. The van der Waals surface area contributed by atoms with Crippen molar-refractivity contribution in [3.8, 4) is 0 Å². The Morgan fingerprint density at radius 2 is 1.76 bits per heavy atom. The molecule has 180 valence electrons. The van der Waals surface area contributed by atoms with Crippen molar-refractivity contribution in [2.75, 3.05) is 13.1 Å². The molecule has 2 aromatic rings. The van der Waals surface area contributed by atoms with E-state index in [4.69, 9.17) is 0 Å². The Hall–Kier alpha value is -3.19. The number of aryl methyl sites for hydroxylation is 1. The van der Waals surface area contributed by atoms with Crippen LogP contribution in [0.4, 0.5) is 0 Å². The topological polar surface area (TPSA) is 89.9 Å². The molecule has 1 spiro atoms. The zero-order valence-electron chi connectivity index (χ0n) is 20.1. The number of carbonyl (C=O) groups is 3. The number of nitrogens with zero attached hydrogens (tertiary/aromatic N) is 2. The summed E-state index contributed by atoms with van der Waals surface area (Å²) in [5.41, 5.74) is 3.00. The number of carbonyl (C=O) groups excluding carboxylic acids is 2. The minimum atomic E-state index is -0.994. The normalized spacial score (nSPS) is 20.6. The van der Waals surface area contributed by atoms with Crippen LogP contribution in [0.2, 0.25) is 0 Å². The van der Waals surface area contributed by atoms with Gasteiger partial charge in [-0.05, 0) is 49.4 Å². The van der Waals surface area contributed by atoms with Gasteiger partial charge >= 0.3 is 5.97 Å². The molecule has 7 nitrogen and oxygen atoms in total. The highest BCUT2D eigenvalue weighted by atomic mass is 16.4. The lowest BCUT2D eigenvalue weighted by molar-refractivity contribution is -0.154. The Morgan fingerprint density at radius 1 is 1.09 bits per heavy atom. The standard InChI is InChI=1S/C27H33N3O4/c1-4-23(26(33)34)30-25(32)22(17-20-10-6-5-7-11-20)28-27(30)13-15-29(16-14-27)24(31)21-12-8-9-18(2)19(21)3/h5-12,22-23,28H,4,13-17H2,1-3H3,(H,33,34). The summed E-state index contributed by atoms with van der Waals surface area (Å²) < 4.78 is 0. The smallest absolute Gasteiger partial charge is 0.326 e. The van der Waals surface area contributed by atoms with Gasteiger partial charge < -0.3 is 14.9 Å². The van der Waals surface area contributed by atoms with E-state index in [2.05, 4.69) is 5.32 Å². The summed E-state index contributed by atoms with van der Waals surface area (Å²) in [5, 5.41) is 13.4. The largest absolute Gasteiger partial charge is 0.480 e. The zero-order chi connectivity index (χ0) is 24.5. The fourth-order valence-electron chi connectivity index (χ4n) is 5.36. The maximum atomic E-state index is 13.5. The van der Waals surface area contributed by atoms with Gasteiger partial charge in [-0.1, -0.05) is 49.4 Å². The first-order valence-corrected chi connectivity index (χ1v) is 12.0. The van der Waals surface area contributed by atoms with Crippen molar-refractivity contribution < 1.29 is 19.5 Å². The third-order valence-electron chi connectivity index (χ3n) is 7.42. The molecule has 0 saturated carbocycles. The number of amides is 2. The number of carboxylic acids is 1. The summed E-state index contributed by atoms with van der Waals surface area (Å²) in [6.45, 7) is 6.66. The molecule has 4 rings (SSSR count). The SMILES string of the molecule is CCC(C(=O)O)N1C(=O)C(Cc2ccccc2)NC12CCN(C(=O)c1cccc(C)c1C)CC2. The van der Waals surface area contributed by atoms with Gasteiger partial charge in [-0.3, -0.25) is 14.9 Å². The predicted molar refractivity (Wildman–Crippen MR) is 129 cm³/mol. The Bertz CT molecular complexity index is 1080. The number of hydrogen-bond donors (Lipinski definition) is 2. The summed E-state index contributed by atoms with van der Waals surface area (Å²) >= 11 is 0. The molecule has 0 aromatic heterocycles. The van der Waals surface area contributed by atoms with Crippen LogP contribution in [0, 0.1) is 13.8 Å². The predicted octanol–water partition coefficient (Wildman–Crippen LogP) is 3.14. The van der Waals surface area contributed by atoms with E-state index in [1.54, 1.807) is 11.8 Å². The second-order valence-electron chi connectivity index (χ2n) is 9.43. The van der Waals surface area contributed by atoms with E-state index < -0.39 is 23.7 Å². The molecule has 0 bridgehead atoms. The van der Waals surface area contributed by atoms with Gasteiger partial charge in [0.1, 0.15) is 6.04 Å². The number of likely N-dealkylation sites (tertiary alicyclic amines) is 1. The molecule has 2 heterocycles. The van der Waals surface area contributed by atoms with Crippen molar-refractivity contribution >= 4 is 17.8 Å². The highest BCUT2D eigenvalue weighted by molar-refractivity contribution is 5.96. The summed E-state index contributed by atoms with van der Waals surface area (Å²) in [6.07, 6.45) is 1.81. The number of benzene rings is 2. The highest BCUT2D eigenvalue weighted by Crippen LogP contribution is 2.36. The molecule has 2 amide bonds. The number of rotatable bonds is 6. The first-order valence-electron chi connectivity index (χ1n) is 12.0. The third-order valence-corrected chi connectivity index (χ3v) is 7.42. The van der Waals surface area contributed by atoms with Crippen LogP contribution in [-0.4, -0.2) is 63.5 Å². The van der Waals surface area contributed by atoms with Gasteiger partial charge in [-0.25, -0.2) is 4.79 Å². The van der Waals surface area contributed by atoms with Crippen LogP contribution >= 0.6 is 0 Å². The van der Waals surface area contributed by atoms with E-state index in [0.29, 0.717) is 44.3 Å². The molecular weight excluding hydrogens is 430 g/mol. The van der Waals surface area contributed by atoms with E-state index >= 15 is 0 Å². The summed E-state index contributed by atoms with van der Waals surface area (Å²) in [6, 6.07) is 14.1. The van der Waals surface area contributed by atoms with Crippen LogP contribution in [0.5, 0.6) is 0 Å². The molecule has 2 saturated heterocycles. The van der Waals surface area contributed by atoms with Crippen molar-refractivity contribution in [2.24, 2.45) is 0 Å². The van der Waals surface area contributed by atoms with Gasteiger partial charge in [0.25, 0.3) is 5.91 Å². The first-order chi connectivity index (χ1) is 16.3. The Balaban J connectivity index is 1.57. The van der Waals surface area contributed by atoms with E-state index in [9.17, 15) is 19.5 Å². The Morgan fingerprint density at radius 3 is 2.38 bits per heavy atom. The van der Waals surface area contributed by atoms with Gasteiger partial charge in [0, 0.05) is 31.5 Å². The quantitative estimate of drug-likeness (QED) is 0.687. The van der Waals surface area contributed by atoms with Crippen LogP contribution in [0.1, 0.15) is 53.2 Å². The highest BCUT2D eigenvalue weighted by Gasteiger charge is 2.55. The molecule has 2 unspecified atom stereocenters. The van der Waals surface area contributed by atoms with Crippen molar-refractivity contribution in [1.29, 1.82) is 0 Å². The van der Waals surface area contributed by atoms with Gasteiger partial charge in [0.15, 0.2) is 0 Å². The molecule has 7 heteroatoms. The zero-order valence-corrected chi connectivity index (χ0v) is 20.1. The lowest BCUT2D eigenvalue weighted by atomic mass is 9.93. The van der Waals surface area contributed by atoms with Gasteiger partial charge in [-0.15, -0.1) is 0 Å². The van der Waals surface area contributed by atoms with Crippen molar-refractivity contribution in [1.82, 2.24) is 15.1 Å². The maximum absolute atomic E-state index is 13.5. The van der Waals surface area contributed by atoms with E-state index in [0.717, 1.165) is 16.7 Å². The maximum Gasteiger partial charge on any atom is 0.326 e. The van der Waals surface area contributed by atoms with Crippen molar-refractivity contribution in [3.05, 3.63) is 70.8 Å². The van der Waals surface area contributed by atoms with Gasteiger partial charge in [-0.2, -0.15) is 0 Å². The summed E-state index contributed by atoms with van der Waals surface area (Å²) in [5.74, 6) is -1.18. The van der Waals surface area contributed by atoms with E-state index in [-0.39, 0.29) is 11.8 Å². The third kappa shape index (κ3) is 4.32. The fraction of sp³-hybridized carbons (Fsp3) is 0.444. The van der Waals surface area contributed by atoms with E-state index in [1.807, 2.05) is 67.3 Å². The minimum absolute atomic E-state index is 0.0157. The number of hydrogen-bond acceptors (Lipinski definition) is 4. The van der Waals surface area contributed by atoms with Crippen molar-refractivity contribution in [2.45, 2.75) is 64.2 Å². The van der Waals surface area contributed by atoms with Crippen molar-refractivity contribution in [3.63, 3.8) is 0 Å². The lowest BCUT2D eigenvalue weighted by Crippen LogP contribution is -2.63. The average Bonchev–Trinajstić information content (AvgIpc) is 3.07. The summed E-state index contributed by atoms with van der Waals surface area (Å²) in [7, 11) is 0. The summed E-state index contributed by atoms with van der Waals surface area (Å²) in [4.78, 5) is 42.3. The van der Waals surface area contributed by atoms with Crippen LogP contribution in [0.15, 0.2) is 48.5 Å². The number of nitrogens with one attached hydrogen (secondary N) is 1. The average molecular weight is 464 g/mol. The number of aliphatic carboxylic acids is 1. The molecule has 2 fully saturated rings. The Labute approximate surface area is 200 Å². The first kappa shape index (κ1) is 24.0. The fourth-order valence-corrected chi connectivity index (χ4v) is 5.36. The molecular formula is C27H33N3O4. The molecule has 2 aliphatic heterocycles. The van der Waals surface area contributed by atoms with Gasteiger partial charge in [0.05, 0.1) is 11.7 Å². The minimum Gasteiger partial charge on any atom is -0.480 e.